The third kappa shape index (κ3) is 6.44. The quantitative estimate of drug-likeness (QED) is 0.493. The van der Waals surface area contributed by atoms with Crippen molar-refractivity contribution in [3.8, 4) is 0 Å². The molecule has 2 bridgehead atoms. The van der Waals surface area contributed by atoms with E-state index < -0.39 is 0 Å². The molecule has 2 aromatic rings. The van der Waals surface area contributed by atoms with E-state index in [0.29, 0.717) is 17.8 Å². The van der Waals surface area contributed by atoms with Gasteiger partial charge in [-0.05, 0) is 80.4 Å². The number of hydrogen-bond donors (Lipinski definition) is 3. The SMILES string of the molecule is NC(=O)C1C2CCC(CC2)C1NC(=O)CNCC(CCc1ccccc1)Cc1ccccc1. The first-order valence-corrected chi connectivity index (χ1v) is 12.5. The van der Waals surface area contributed by atoms with Crippen LogP contribution in [0.3, 0.4) is 0 Å². The standard InChI is InChI=1S/C28H37N3O2/c29-28(33)26-23-13-15-24(16-14-23)27(26)31-25(32)19-30-18-22(17-21-9-5-2-6-10-21)12-11-20-7-3-1-4-8-20/h1-10,22-24,26-27,30H,11-19H2,(H2,29,33)(H,31,32). The summed E-state index contributed by atoms with van der Waals surface area (Å²) in [6.45, 7) is 1.06. The molecule has 176 valence electrons. The van der Waals surface area contributed by atoms with Gasteiger partial charge in [0, 0.05) is 6.04 Å². The molecule has 3 saturated carbocycles. The first kappa shape index (κ1) is 23.5. The van der Waals surface area contributed by atoms with Gasteiger partial charge in [-0.3, -0.25) is 9.59 Å². The number of aryl methyl sites for hydroxylation is 1. The van der Waals surface area contributed by atoms with E-state index in [-0.39, 0.29) is 30.3 Å². The van der Waals surface area contributed by atoms with Crippen LogP contribution in [0, 0.1) is 23.7 Å². The van der Waals surface area contributed by atoms with Crippen molar-refractivity contribution in [2.24, 2.45) is 29.4 Å². The zero-order valence-corrected chi connectivity index (χ0v) is 19.4. The Morgan fingerprint density at radius 1 is 0.879 bits per heavy atom. The van der Waals surface area contributed by atoms with Crippen molar-refractivity contribution >= 4 is 11.8 Å². The van der Waals surface area contributed by atoms with E-state index in [9.17, 15) is 9.59 Å². The summed E-state index contributed by atoms with van der Waals surface area (Å²) < 4.78 is 0. The molecule has 3 atom stereocenters. The van der Waals surface area contributed by atoms with Gasteiger partial charge in [-0.1, -0.05) is 60.7 Å². The molecule has 3 unspecified atom stereocenters. The maximum Gasteiger partial charge on any atom is 0.234 e. The summed E-state index contributed by atoms with van der Waals surface area (Å²) in [6, 6.07) is 21.0. The van der Waals surface area contributed by atoms with Crippen LogP contribution in [0.5, 0.6) is 0 Å². The van der Waals surface area contributed by atoms with Crippen molar-refractivity contribution in [1.29, 1.82) is 0 Å². The fraction of sp³-hybridized carbons (Fsp3) is 0.500. The van der Waals surface area contributed by atoms with Gasteiger partial charge in [-0.2, -0.15) is 0 Å². The Balaban J connectivity index is 1.29. The van der Waals surface area contributed by atoms with Gasteiger partial charge in [-0.25, -0.2) is 0 Å². The molecule has 3 fully saturated rings. The van der Waals surface area contributed by atoms with Crippen LogP contribution < -0.4 is 16.4 Å². The van der Waals surface area contributed by atoms with Gasteiger partial charge < -0.3 is 16.4 Å². The molecule has 0 saturated heterocycles. The first-order valence-electron chi connectivity index (χ1n) is 12.5. The van der Waals surface area contributed by atoms with Crippen molar-refractivity contribution < 1.29 is 9.59 Å². The summed E-state index contributed by atoms with van der Waals surface area (Å²) in [5.74, 6) is 0.654. The van der Waals surface area contributed by atoms with Gasteiger partial charge in [-0.15, -0.1) is 0 Å². The lowest BCUT2D eigenvalue weighted by Crippen LogP contribution is -2.58. The van der Waals surface area contributed by atoms with Crippen molar-refractivity contribution in [2.75, 3.05) is 13.1 Å². The van der Waals surface area contributed by atoms with Crippen LogP contribution in [0.25, 0.3) is 0 Å². The molecule has 5 heteroatoms. The van der Waals surface area contributed by atoms with E-state index in [1.807, 2.05) is 12.1 Å². The molecule has 33 heavy (non-hydrogen) atoms. The average Bonchev–Trinajstić information content (AvgIpc) is 2.84. The molecule has 0 radical (unpaired) electrons. The zero-order chi connectivity index (χ0) is 23.0. The topological polar surface area (TPSA) is 84.2 Å². The zero-order valence-electron chi connectivity index (χ0n) is 19.4. The second-order valence-electron chi connectivity index (χ2n) is 9.91. The number of benzene rings is 2. The van der Waals surface area contributed by atoms with Gasteiger partial charge >= 0.3 is 0 Å². The lowest BCUT2D eigenvalue weighted by molar-refractivity contribution is -0.131. The molecule has 3 aliphatic carbocycles. The molecule has 5 rings (SSSR count). The highest BCUT2D eigenvalue weighted by atomic mass is 16.2. The average molecular weight is 448 g/mol. The Labute approximate surface area is 197 Å². The number of carbonyl (C=O) groups excluding carboxylic acids is 2. The Morgan fingerprint density at radius 3 is 2.12 bits per heavy atom. The largest absolute Gasteiger partial charge is 0.369 e. The van der Waals surface area contributed by atoms with Crippen molar-refractivity contribution in [2.45, 2.75) is 51.0 Å². The number of amides is 2. The smallest absolute Gasteiger partial charge is 0.234 e. The predicted molar refractivity (Wildman–Crippen MR) is 131 cm³/mol. The molecular weight excluding hydrogens is 410 g/mol. The third-order valence-electron chi connectivity index (χ3n) is 7.65. The molecular formula is C28H37N3O2. The van der Waals surface area contributed by atoms with Crippen LogP contribution in [0.2, 0.25) is 0 Å². The van der Waals surface area contributed by atoms with E-state index in [2.05, 4.69) is 59.2 Å². The summed E-state index contributed by atoms with van der Waals surface area (Å²) in [5.41, 5.74) is 8.38. The Kier molecular flexibility index (Phi) is 8.16. The highest BCUT2D eigenvalue weighted by molar-refractivity contribution is 5.82. The summed E-state index contributed by atoms with van der Waals surface area (Å²) in [7, 11) is 0. The number of primary amides is 1. The Morgan fingerprint density at radius 2 is 1.48 bits per heavy atom. The van der Waals surface area contributed by atoms with Crippen LogP contribution >= 0.6 is 0 Å². The molecule has 5 nitrogen and oxygen atoms in total. The van der Waals surface area contributed by atoms with Gasteiger partial charge in [0.15, 0.2) is 0 Å². The maximum absolute atomic E-state index is 12.7. The number of fused-ring (bicyclic) bond motifs is 3. The number of rotatable bonds is 11. The molecule has 4 N–H and O–H groups in total. The van der Waals surface area contributed by atoms with E-state index in [4.69, 9.17) is 5.73 Å². The lowest BCUT2D eigenvalue weighted by atomic mass is 9.61. The van der Waals surface area contributed by atoms with Gasteiger partial charge in [0.05, 0.1) is 12.5 Å². The molecule has 0 aromatic heterocycles. The summed E-state index contributed by atoms with van der Waals surface area (Å²) in [6.07, 6.45) is 7.37. The van der Waals surface area contributed by atoms with Crippen molar-refractivity contribution in [1.82, 2.24) is 10.6 Å². The molecule has 3 aliphatic rings. The van der Waals surface area contributed by atoms with E-state index in [1.54, 1.807) is 0 Å². The molecule has 2 amide bonds. The number of carbonyl (C=O) groups is 2. The van der Waals surface area contributed by atoms with Gasteiger partial charge in [0.2, 0.25) is 11.8 Å². The van der Waals surface area contributed by atoms with E-state index >= 15 is 0 Å². The molecule has 0 heterocycles. The van der Waals surface area contributed by atoms with Crippen LogP contribution in [0.15, 0.2) is 60.7 Å². The fourth-order valence-corrected chi connectivity index (χ4v) is 5.93. The highest BCUT2D eigenvalue weighted by Gasteiger charge is 2.46. The summed E-state index contributed by atoms with van der Waals surface area (Å²) in [4.78, 5) is 24.8. The number of hydrogen-bond acceptors (Lipinski definition) is 3. The molecule has 2 aromatic carbocycles. The lowest BCUT2D eigenvalue weighted by Gasteiger charge is -2.47. The second-order valence-corrected chi connectivity index (χ2v) is 9.91. The Bertz CT molecular complexity index is 894. The van der Waals surface area contributed by atoms with E-state index in [0.717, 1.165) is 51.5 Å². The molecule has 0 aliphatic heterocycles. The van der Waals surface area contributed by atoms with Gasteiger partial charge in [0.25, 0.3) is 0 Å². The van der Waals surface area contributed by atoms with Crippen molar-refractivity contribution in [3.63, 3.8) is 0 Å². The Hall–Kier alpha value is -2.66. The third-order valence-corrected chi connectivity index (χ3v) is 7.65. The molecule has 0 spiro atoms. The minimum absolute atomic E-state index is 0.0275. The van der Waals surface area contributed by atoms with Crippen molar-refractivity contribution in [3.05, 3.63) is 71.8 Å². The fourth-order valence-electron chi connectivity index (χ4n) is 5.93. The highest BCUT2D eigenvalue weighted by Crippen LogP contribution is 2.45. The van der Waals surface area contributed by atoms with Crippen LogP contribution in [-0.2, 0) is 22.4 Å². The van der Waals surface area contributed by atoms with Gasteiger partial charge in [0.1, 0.15) is 0 Å². The minimum atomic E-state index is -0.258. The normalized spacial score (nSPS) is 24.8. The van der Waals surface area contributed by atoms with Crippen LogP contribution in [-0.4, -0.2) is 30.9 Å². The number of nitrogens with one attached hydrogen (secondary N) is 2. The predicted octanol–water partition coefficient (Wildman–Crippen LogP) is 3.47. The van der Waals surface area contributed by atoms with Crippen LogP contribution in [0.1, 0.15) is 43.2 Å². The maximum atomic E-state index is 12.7. The second kappa shape index (κ2) is 11.5. The van der Waals surface area contributed by atoms with Crippen LogP contribution in [0.4, 0.5) is 0 Å². The van der Waals surface area contributed by atoms with E-state index in [1.165, 1.54) is 11.1 Å². The summed E-state index contributed by atoms with van der Waals surface area (Å²) in [5, 5.41) is 6.55. The first-order chi connectivity index (χ1) is 16.1. The monoisotopic (exact) mass is 447 g/mol. The summed E-state index contributed by atoms with van der Waals surface area (Å²) >= 11 is 0. The number of nitrogens with two attached hydrogens (primary N) is 1. The minimum Gasteiger partial charge on any atom is -0.369 e.